The monoisotopic (exact) mass is 377 g/mol. The van der Waals surface area contributed by atoms with Gasteiger partial charge in [-0.25, -0.2) is 9.59 Å². The number of nitrogens with two attached hydrogens (primary N) is 1. The lowest BCUT2D eigenvalue weighted by atomic mass is 9.98. The van der Waals surface area contributed by atoms with E-state index in [9.17, 15) is 14.4 Å². The van der Waals surface area contributed by atoms with Crippen molar-refractivity contribution < 1.29 is 14.4 Å². The summed E-state index contributed by atoms with van der Waals surface area (Å²) < 4.78 is 0. The Bertz CT molecular complexity index is 1030. The zero-order valence-electron chi connectivity index (χ0n) is 15.2. The van der Waals surface area contributed by atoms with Crippen LogP contribution < -0.4 is 15.5 Å². The van der Waals surface area contributed by atoms with Crippen molar-refractivity contribution in [1.29, 1.82) is 0 Å². The Kier molecular flexibility index (Phi) is 4.57. The molecule has 8 heteroatoms. The van der Waals surface area contributed by atoms with Crippen molar-refractivity contribution in [2.45, 2.75) is 25.8 Å². The molecule has 0 saturated carbocycles. The van der Waals surface area contributed by atoms with Crippen LogP contribution in [0.1, 0.15) is 41.0 Å². The Labute approximate surface area is 161 Å². The van der Waals surface area contributed by atoms with Gasteiger partial charge in [0.25, 0.3) is 5.91 Å². The van der Waals surface area contributed by atoms with E-state index >= 15 is 0 Å². The summed E-state index contributed by atoms with van der Waals surface area (Å²) in [7, 11) is 0. The summed E-state index contributed by atoms with van der Waals surface area (Å²) in [6.45, 7) is 1.57. The van der Waals surface area contributed by atoms with Gasteiger partial charge in [0.15, 0.2) is 5.69 Å². The van der Waals surface area contributed by atoms with E-state index in [1.165, 1.54) is 0 Å². The van der Waals surface area contributed by atoms with Gasteiger partial charge in [-0.2, -0.15) is 5.10 Å². The molecule has 0 bridgehead atoms. The first-order chi connectivity index (χ1) is 13.6. The van der Waals surface area contributed by atoms with Crippen molar-refractivity contribution in [2.75, 3.05) is 22.9 Å². The van der Waals surface area contributed by atoms with Crippen LogP contribution in [0.25, 0.3) is 5.57 Å². The molecular formula is C20H19N5O3. The standard InChI is InChI=1S/C20H19N5O3/c21-20(28)19-18-13(11-26)9-24(10-17(18)22-23-19)14-4-6-15(7-5-14)25-8-2-1-3-16(25)12-27/h4-7H,1-3,8-10H2,(H2,21,28)(H,22,23). The molecule has 0 unspecified atom stereocenters. The molecule has 0 radical (unpaired) electrons. The number of hydrogen-bond acceptors (Lipinski definition) is 6. The van der Waals surface area contributed by atoms with Crippen LogP contribution in [0.2, 0.25) is 0 Å². The first kappa shape index (κ1) is 17.8. The molecule has 0 aliphatic carbocycles. The molecule has 8 nitrogen and oxygen atoms in total. The zero-order valence-corrected chi connectivity index (χ0v) is 15.2. The molecule has 1 saturated heterocycles. The molecule has 0 spiro atoms. The second kappa shape index (κ2) is 7.19. The Morgan fingerprint density at radius 3 is 2.50 bits per heavy atom. The third-order valence-corrected chi connectivity index (χ3v) is 5.21. The van der Waals surface area contributed by atoms with Gasteiger partial charge >= 0.3 is 0 Å². The fraction of sp³-hybridized carbons (Fsp3) is 0.300. The predicted octanol–water partition coefficient (Wildman–Crippen LogP) is 1.45. The van der Waals surface area contributed by atoms with Gasteiger partial charge < -0.3 is 15.5 Å². The Hall–Kier alpha value is -3.60. The molecule has 1 fully saturated rings. The number of piperidine rings is 1. The number of carbonyl (C=O) groups is 1. The van der Waals surface area contributed by atoms with Gasteiger partial charge in [0, 0.05) is 23.5 Å². The first-order valence-electron chi connectivity index (χ1n) is 9.10. The van der Waals surface area contributed by atoms with Gasteiger partial charge in [-0.3, -0.25) is 9.89 Å². The molecule has 0 atom stereocenters. The smallest absolute Gasteiger partial charge is 0.269 e. The van der Waals surface area contributed by atoms with E-state index in [0.29, 0.717) is 35.6 Å². The van der Waals surface area contributed by atoms with Crippen LogP contribution in [0.4, 0.5) is 11.4 Å². The highest BCUT2D eigenvalue weighted by molar-refractivity contribution is 6.02. The third-order valence-electron chi connectivity index (χ3n) is 5.21. The van der Waals surface area contributed by atoms with Gasteiger partial charge in [-0.15, -0.1) is 0 Å². The zero-order chi connectivity index (χ0) is 19.7. The topological polar surface area (TPSA) is 112 Å². The fourth-order valence-corrected chi connectivity index (χ4v) is 3.85. The van der Waals surface area contributed by atoms with Crippen LogP contribution in [0, 0.1) is 0 Å². The number of fused-ring (bicyclic) bond motifs is 1. The lowest BCUT2D eigenvalue weighted by Crippen LogP contribution is -2.31. The molecular weight excluding hydrogens is 358 g/mol. The quantitative estimate of drug-likeness (QED) is 0.783. The number of anilines is 2. The maximum absolute atomic E-state index is 11.5. The van der Waals surface area contributed by atoms with Gasteiger partial charge in [0.1, 0.15) is 17.6 Å². The lowest BCUT2D eigenvalue weighted by molar-refractivity contribution is 0.0995. The number of amides is 1. The minimum Gasteiger partial charge on any atom is -0.364 e. The number of aromatic nitrogens is 2. The summed E-state index contributed by atoms with van der Waals surface area (Å²) in [5.74, 6) is 3.30. The molecule has 2 aliphatic heterocycles. The number of hydrogen-bond donors (Lipinski definition) is 2. The number of primary amides is 1. The normalized spacial score (nSPS) is 16.4. The number of carbonyl (C=O) groups excluding carboxylic acids is 3. The van der Waals surface area contributed by atoms with Crippen LogP contribution in [-0.2, 0) is 16.1 Å². The molecule has 142 valence electrons. The number of rotatable bonds is 3. The lowest BCUT2D eigenvalue weighted by Gasteiger charge is -2.31. The third kappa shape index (κ3) is 3.01. The minimum atomic E-state index is -0.677. The highest BCUT2D eigenvalue weighted by Gasteiger charge is 2.29. The van der Waals surface area contributed by atoms with E-state index in [0.717, 1.165) is 37.2 Å². The summed E-state index contributed by atoms with van der Waals surface area (Å²) in [6.07, 6.45) is 2.79. The summed E-state index contributed by atoms with van der Waals surface area (Å²) in [5, 5.41) is 6.75. The summed E-state index contributed by atoms with van der Waals surface area (Å²) in [6, 6.07) is 7.81. The Morgan fingerprint density at radius 2 is 1.82 bits per heavy atom. The van der Waals surface area contributed by atoms with Gasteiger partial charge in [0.2, 0.25) is 0 Å². The van der Waals surface area contributed by atoms with E-state index < -0.39 is 5.91 Å². The summed E-state index contributed by atoms with van der Waals surface area (Å²) >= 11 is 0. The maximum atomic E-state index is 11.5. The molecule has 2 aromatic rings. The van der Waals surface area contributed by atoms with Crippen LogP contribution in [0.3, 0.4) is 0 Å². The van der Waals surface area contributed by atoms with Crippen LogP contribution >= 0.6 is 0 Å². The molecule has 1 aromatic heterocycles. The summed E-state index contributed by atoms with van der Waals surface area (Å²) in [5.41, 5.74) is 9.42. The van der Waals surface area contributed by atoms with Gasteiger partial charge in [-0.05, 0) is 43.5 Å². The number of allylic oxidation sites excluding steroid dienone is 1. The van der Waals surface area contributed by atoms with Crippen molar-refractivity contribution in [3.63, 3.8) is 0 Å². The van der Waals surface area contributed by atoms with E-state index in [-0.39, 0.29) is 5.69 Å². The maximum Gasteiger partial charge on any atom is 0.269 e. The van der Waals surface area contributed by atoms with Crippen molar-refractivity contribution >= 4 is 34.7 Å². The minimum absolute atomic E-state index is 0.0709. The molecule has 4 rings (SSSR count). The first-order valence-corrected chi connectivity index (χ1v) is 9.10. The molecule has 1 amide bonds. The molecule has 1 aromatic carbocycles. The average Bonchev–Trinajstić information content (AvgIpc) is 3.17. The molecule has 28 heavy (non-hydrogen) atoms. The number of nitrogens with one attached hydrogen (secondary N) is 1. The fourth-order valence-electron chi connectivity index (χ4n) is 3.85. The average molecular weight is 377 g/mol. The molecule has 3 heterocycles. The van der Waals surface area contributed by atoms with Crippen LogP contribution in [0.5, 0.6) is 0 Å². The van der Waals surface area contributed by atoms with Gasteiger partial charge in [-0.1, -0.05) is 0 Å². The number of benzene rings is 1. The van der Waals surface area contributed by atoms with E-state index in [1.807, 2.05) is 40.0 Å². The second-order valence-corrected chi connectivity index (χ2v) is 6.90. The van der Waals surface area contributed by atoms with Gasteiger partial charge in [0.05, 0.1) is 24.4 Å². The van der Waals surface area contributed by atoms with Crippen molar-refractivity contribution in [3.8, 4) is 0 Å². The predicted molar refractivity (Wildman–Crippen MR) is 104 cm³/mol. The highest BCUT2D eigenvalue weighted by atomic mass is 16.1. The summed E-state index contributed by atoms with van der Waals surface area (Å²) in [4.78, 5) is 38.2. The number of aromatic amines is 1. The van der Waals surface area contributed by atoms with Crippen LogP contribution in [-0.4, -0.2) is 41.1 Å². The second-order valence-electron chi connectivity index (χ2n) is 6.90. The number of H-pyrrole nitrogens is 1. The Balaban J connectivity index is 1.61. The van der Waals surface area contributed by atoms with E-state index in [1.54, 1.807) is 0 Å². The Morgan fingerprint density at radius 1 is 1.07 bits per heavy atom. The highest BCUT2D eigenvalue weighted by Crippen LogP contribution is 2.32. The van der Waals surface area contributed by atoms with E-state index in [2.05, 4.69) is 16.1 Å². The van der Waals surface area contributed by atoms with Crippen molar-refractivity contribution in [3.05, 3.63) is 46.9 Å². The van der Waals surface area contributed by atoms with E-state index in [4.69, 9.17) is 5.73 Å². The van der Waals surface area contributed by atoms with Crippen molar-refractivity contribution in [1.82, 2.24) is 10.2 Å². The molecule has 2 aliphatic rings. The molecule has 3 N–H and O–H groups in total. The van der Waals surface area contributed by atoms with Crippen LogP contribution in [0.15, 0.2) is 30.0 Å². The largest absolute Gasteiger partial charge is 0.364 e. The SMILES string of the molecule is NC(=O)c1n[nH]c2c1C(=C=O)CN(c1ccc(N3CCCCC3=C=O)cc1)C2. The number of nitrogens with zero attached hydrogens (tertiary/aromatic N) is 3. The van der Waals surface area contributed by atoms with Crippen molar-refractivity contribution in [2.24, 2.45) is 5.73 Å².